The van der Waals surface area contributed by atoms with Crippen molar-refractivity contribution >= 4 is 0 Å². The SMILES string of the molecule is CC(CN)c1cc(C(F)(F)F)ccc1F. The van der Waals surface area contributed by atoms with Crippen molar-refractivity contribution in [2.75, 3.05) is 6.54 Å². The summed E-state index contributed by atoms with van der Waals surface area (Å²) in [4.78, 5) is 0. The summed E-state index contributed by atoms with van der Waals surface area (Å²) in [5, 5.41) is 0. The Morgan fingerprint density at radius 2 is 1.93 bits per heavy atom. The summed E-state index contributed by atoms with van der Waals surface area (Å²) in [5.41, 5.74) is 4.44. The number of halogens is 4. The van der Waals surface area contributed by atoms with Crippen molar-refractivity contribution in [3.05, 3.63) is 35.1 Å². The lowest BCUT2D eigenvalue weighted by Gasteiger charge is -2.13. The highest BCUT2D eigenvalue weighted by Gasteiger charge is 2.31. The number of hydrogen-bond acceptors (Lipinski definition) is 1. The van der Waals surface area contributed by atoms with Crippen LogP contribution in [-0.2, 0) is 6.18 Å². The van der Waals surface area contributed by atoms with Crippen LogP contribution in [0.3, 0.4) is 0 Å². The van der Waals surface area contributed by atoms with Crippen LogP contribution in [0.5, 0.6) is 0 Å². The molecule has 1 unspecified atom stereocenters. The van der Waals surface area contributed by atoms with Gasteiger partial charge in [0, 0.05) is 0 Å². The smallest absolute Gasteiger partial charge is 0.330 e. The van der Waals surface area contributed by atoms with Gasteiger partial charge in [-0.3, -0.25) is 0 Å². The van der Waals surface area contributed by atoms with Gasteiger partial charge >= 0.3 is 6.18 Å². The van der Waals surface area contributed by atoms with Crippen LogP contribution in [-0.4, -0.2) is 6.54 Å². The predicted octanol–water partition coefficient (Wildman–Crippen LogP) is 2.91. The third-order valence-electron chi connectivity index (χ3n) is 2.21. The minimum Gasteiger partial charge on any atom is -0.330 e. The molecular formula is C10H11F4N. The Morgan fingerprint density at radius 3 is 2.40 bits per heavy atom. The fraction of sp³-hybridized carbons (Fsp3) is 0.400. The normalized spacial score (nSPS) is 14.0. The van der Waals surface area contributed by atoms with E-state index >= 15 is 0 Å². The number of nitrogens with two attached hydrogens (primary N) is 1. The van der Waals surface area contributed by atoms with Gasteiger partial charge in [-0.1, -0.05) is 6.92 Å². The summed E-state index contributed by atoms with van der Waals surface area (Å²) in [6.07, 6.45) is -4.45. The van der Waals surface area contributed by atoms with Gasteiger partial charge in [-0.15, -0.1) is 0 Å². The van der Waals surface area contributed by atoms with Crippen molar-refractivity contribution < 1.29 is 17.6 Å². The molecule has 1 nitrogen and oxygen atoms in total. The first-order valence-corrected chi connectivity index (χ1v) is 4.43. The van der Waals surface area contributed by atoms with E-state index in [1.54, 1.807) is 6.92 Å². The van der Waals surface area contributed by atoms with E-state index in [-0.39, 0.29) is 12.1 Å². The van der Waals surface area contributed by atoms with Crippen molar-refractivity contribution in [2.24, 2.45) is 5.73 Å². The Bertz CT molecular complexity index is 346. The molecule has 0 aliphatic heterocycles. The molecule has 1 aromatic rings. The molecule has 1 aromatic carbocycles. The maximum absolute atomic E-state index is 13.2. The molecule has 0 fully saturated rings. The second kappa shape index (κ2) is 4.18. The van der Waals surface area contributed by atoms with E-state index in [9.17, 15) is 17.6 Å². The van der Waals surface area contributed by atoms with Gasteiger partial charge in [-0.2, -0.15) is 13.2 Å². The molecule has 1 atom stereocenters. The second-order valence-electron chi connectivity index (χ2n) is 3.37. The van der Waals surface area contributed by atoms with Crippen LogP contribution in [0.15, 0.2) is 18.2 Å². The van der Waals surface area contributed by atoms with Crippen molar-refractivity contribution in [2.45, 2.75) is 19.0 Å². The first-order valence-electron chi connectivity index (χ1n) is 4.43. The van der Waals surface area contributed by atoms with E-state index in [1.807, 2.05) is 0 Å². The zero-order chi connectivity index (χ0) is 11.6. The summed E-state index contributed by atoms with van der Waals surface area (Å²) in [6, 6.07) is 2.36. The molecule has 2 N–H and O–H groups in total. The molecule has 0 saturated carbocycles. The van der Waals surface area contributed by atoms with Crippen LogP contribution >= 0.6 is 0 Å². The first kappa shape index (κ1) is 12.0. The van der Waals surface area contributed by atoms with Crippen LogP contribution in [0, 0.1) is 5.82 Å². The Labute approximate surface area is 84.9 Å². The first-order chi connectivity index (χ1) is 6.86. The summed E-state index contributed by atoms with van der Waals surface area (Å²) in [6.45, 7) is 1.69. The molecule has 0 saturated heterocycles. The lowest BCUT2D eigenvalue weighted by Crippen LogP contribution is -2.13. The third kappa shape index (κ3) is 2.68. The second-order valence-corrected chi connectivity index (χ2v) is 3.37. The van der Waals surface area contributed by atoms with Crippen LogP contribution in [0.25, 0.3) is 0 Å². The van der Waals surface area contributed by atoms with Crippen molar-refractivity contribution in [3.8, 4) is 0 Å². The maximum Gasteiger partial charge on any atom is 0.416 e. The number of hydrogen-bond donors (Lipinski definition) is 1. The zero-order valence-corrected chi connectivity index (χ0v) is 8.11. The highest BCUT2D eigenvalue weighted by atomic mass is 19.4. The van der Waals surface area contributed by atoms with Gasteiger partial charge in [-0.05, 0) is 36.2 Å². The van der Waals surface area contributed by atoms with Gasteiger partial charge in [0.15, 0.2) is 0 Å². The van der Waals surface area contributed by atoms with Gasteiger partial charge in [0.05, 0.1) is 5.56 Å². The molecule has 0 aliphatic carbocycles. The van der Waals surface area contributed by atoms with Crippen LogP contribution in [0.1, 0.15) is 24.0 Å². The minimum absolute atomic E-state index is 0.00678. The number of rotatable bonds is 2. The maximum atomic E-state index is 13.2. The Hall–Kier alpha value is -1.10. The molecule has 0 aromatic heterocycles. The average molecular weight is 221 g/mol. The Kier molecular flexibility index (Phi) is 3.34. The lowest BCUT2D eigenvalue weighted by molar-refractivity contribution is -0.137. The molecule has 0 amide bonds. The molecule has 0 aliphatic rings. The molecule has 84 valence electrons. The van der Waals surface area contributed by atoms with E-state index in [0.29, 0.717) is 0 Å². The lowest BCUT2D eigenvalue weighted by atomic mass is 9.98. The van der Waals surface area contributed by atoms with Gasteiger partial charge in [0.1, 0.15) is 5.82 Å². The molecule has 15 heavy (non-hydrogen) atoms. The van der Waals surface area contributed by atoms with E-state index in [1.165, 1.54) is 0 Å². The summed E-state index contributed by atoms with van der Waals surface area (Å²) in [7, 11) is 0. The summed E-state index contributed by atoms with van der Waals surface area (Å²) >= 11 is 0. The van der Waals surface area contributed by atoms with Crippen molar-refractivity contribution in [3.63, 3.8) is 0 Å². The van der Waals surface area contributed by atoms with E-state index in [0.717, 1.165) is 18.2 Å². The Balaban J connectivity index is 3.17. The predicted molar refractivity (Wildman–Crippen MR) is 48.9 cm³/mol. The van der Waals surface area contributed by atoms with E-state index < -0.39 is 23.5 Å². The molecule has 0 bridgehead atoms. The Morgan fingerprint density at radius 1 is 1.33 bits per heavy atom. The van der Waals surface area contributed by atoms with Crippen LogP contribution in [0.4, 0.5) is 17.6 Å². The summed E-state index contributed by atoms with van der Waals surface area (Å²) < 4.78 is 50.1. The average Bonchev–Trinajstić information content (AvgIpc) is 2.15. The number of alkyl halides is 3. The molecule has 0 heterocycles. The van der Waals surface area contributed by atoms with E-state index in [2.05, 4.69) is 0 Å². The topological polar surface area (TPSA) is 26.0 Å². The fourth-order valence-electron chi connectivity index (χ4n) is 1.22. The molecule has 0 radical (unpaired) electrons. The highest BCUT2D eigenvalue weighted by Crippen LogP contribution is 2.31. The largest absolute Gasteiger partial charge is 0.416 e. The quantitative estimate of drug-likeness (QED) is 0.763. The molecule has 1 rings (SSSR count). The van der Waals surface area contributed by atoms with Gasteiger partial charge < -0.3 is 5.73 Å². The van der Waals surface area contributed by atoms with Crippen molar-refractivity contribution in [1.82, 2.24) is 0 Å². The molecule has 0 spiro atoms. The van der Waals surface area contributed by atoms with Crippen LogP contribution in [0.2, 0.25) is 0 Å². The standard InChI is InChI=1S/C10H11F4N/c1-6(5-15)8-4-7(10(12,13)14)2-3-9(8)11/h2-4,6H,5,15H2,1H3. The van der Waals surface area contributed by atoms with Crippen LogP contribution < -0.4 is 5.73 Å². The summed E-state index contributed by atoms with van der Waals surface area (Å²) in [5.74, 6) is -1.08. The molecule has 5 heteroatoms. The fourth-order valence-corrected chi connectivity index (χ4v) is 1.22. The van der Waals surface area contributed by atoms with E-state index in [4.69, 9.17) is 5.73 Å². The highest BCUT2D eigenvalue weighted by molar-refractivity contribution is 5.29. The molecular weight excluding hydrogens is 210 g/mol. The van der Waals surface area contributed by atoms with Crippen molar-refractivity contribution in [1.29, 1.82) is 0 Å². The van der Waals surface area contributed by atoms with Gasteiger partial charge in [0.25, 0.3) is 0 Å². The number of benzene rings is 1. The minimum atomic E-state index is -4.45. The van der Waals surface area contributed by atoms with Gasteiger partial charge in [-0.25, -0.2) is 4.39 Å². The van der Waals surface area contributed by atoms with Gasteiger partial charge in [0.2, 0.25) is 0 Å². The zero-order valence-electron chi connectivity index (χ0n) is 8.11. The monoisotopic (exact) mass is 221 g/mol. The third-order valence-corrected chi connectivity index (χ3v) is 2.21.